The van der Waals surface area contributed by atoms with Crippen LogP contribution in [0.15, 0.2) is 39.2 Å². The Morgan fingerprint density at radius 1 is 1.24 bits per heavy atom. The second kappa shape index (κ2) is 5.78. The van der Waals surface area contributed by atoms with Crippen molar-refractivity contribution in [2.45, 2.75) is 26.2 Å². The van der Waals surface area contributed by atoms with E-state index in [0.29, 0.717) is 12.2 Å². The molecule has 0 unspecified atom stereocenters. The SMILES string of the molecule is CCCCC(=O)Nc1nnc(-c2cc3ccccc3o2)o1. The van der Waals surface area contributed by atoms with Crippen LogP contribution in [0.3, 0.4) is 0 Å². The Balaban J connectivity index is 1.76. The monoisotopic (exact) mass is 285 g/mol. The Labute approximate surface area is 121 Å². The molecule has 21 heavy (non-hydrogen) atoms. The van der Waals surface area contributed by atoms with Crippen molar-refractivity contribution >= 4 is 22.9 Å². The molecule has 108 valence electrons. The zero-order chi connectivity index (χ0) is 14.7. The maximum absolute atomic E-state index is 11.6. The van der Waals surface area contributed by atoms with E-state index in [1.165, 1.54) is 0 Å². The molecular weight excluding hydrogens is 270 g/mol. The summed E-state index contributed by atoms with van der Waals surface area (Å²) in [4.78, 5) is 11.6. The van der Waals surface area contributed by atoms with Crippen LogP contribution < -0.4 is 5.32 Å². The van der Waals surface area contributed by atoms with Crippen LogP contribution in [0.5, 0.6) is 0 Å². The summed E-state index contributed by atoms with van der Waals surface area (Å²) in [7, 11) is 0. The number of anilines is 1. The van der Waals surface area contributed by atoms with Gasteiger partial charge in [-0.2, -0.15) is 0 Å². The topological polar surface area (TPSA) is 81.2 Å². The van der Waals surface area contributed by atoms with Gasteiger partial charge < -0.3 is 8.83 Å². The molecule has 0 aliphatic rings. The van der Waals surface area contributed by atoms with Crippen LogP contribution in [0.1, 0.15) is 26.2 Å². The number of unbranched alkanes of at least 4 members (excludes halogenated alkanes) is 1. The number of nitrogens with zero attached hydrogens (tertiary/aromatic N) is 2. The molecule has 1 aromatic carbocycles. The molecule has 0 spiro atoms. The molecule has 3 rings (SSSR count). The second-order valence-electron chi connectivity index (χ2n) is 4.71. The molecule has 0 aliphatic heterocycles. The minimum atomic E-state index is -0.128. The molecule has 6 heteroatoms. The van der Waals surface area contributed by atoms with Crippen molar-refractivity contribution in [2.24, 2.45) is 0 Å². The van der Waals surface area contributed by atoms with Crippen LogP contribution in [0.2, 0.25) is 0 Å². The number of fused-ring (bicyclic) bond motifs is 1. The zero-order valence-electron chi connectivity index (χ0n) is 11.6. The van der Waals surface area contributed by atoms with Gasteiger partial charge in [0.1, 0.15) is 5.58 Å². The molecule has 1 N–H and O–H groups in total. The number of para-hydroxylation sites is 1. The first-order chi connectivity index (χ1) is 10.3. The van der Waals surface area contributed by atoms with Gasteiger partial charge in [-0.1, -0.05) is 36.6 Å². The summed E-state index contributed by atoms with van der Waals surface area (Å²) in [6.45, 7) is 2.03. The average molecular weight is 285 g/mol. The van der Waals surface area contributed by atoms with Crippen molar-refractivity contribution in [3.8, 4) is 11.7 Å². The number of amides is 1. The van der Waals surface area contributed by atoms with E-state index in [1.54, 1.807) is 0 Å². The second-order valence-corrected chi connectivity index (χ2v) is 4.71. The van der Waals surface area contributed by atoms with Crippen molar-refractivity contribution in [1.29, 1.82) is 0 Å². The van der Waals surface area contributed by atoms with E-state index in [1.807, 2.05) is 37.3 Å². The number of furan rings is 1. The highest BCUT2D eigenvalue weighted by Gasteiger charge is 2.14. The Morgan fingerprint density at radius 3 is 2.90 bits per heavy atom. The highest BCUT2D eigenvalue weighted by atomic mass is 16.4. The summed E-state index contributed by atoms with van der Waals surface area (Å²) in [5.74, 6) is 0.603. The first-order valence-corrected chi connectivity index (χ1v) is 6.88. The molecule has 0 bridgehead atoms. The van der Waals surface area contributed by atoms with Crippen LogP contribution >= 0.6 is 0 Å². The lowest BCUT2D eigenvalue weighted by molar-refractivity contribution is -0.116. The predicted molar refractivity (Wildman–Crippen MR) is 77.7 cm³/mol. The van der Waals surface area contributed by atoms with Crippen molar-refractivity contribution < 1.29 is 13.6 Å². The molecule has 0 atom stereocenters. The lowest BCUT2D eigenvalue weighted by Crippen LogP contribution is -2.11. The van der Waals surface area contributed by atoms with E-state index in [-0.39, 0.29) is 17.8 Å². The minimum Gasteiger partial charge on any atom is -0.451 e. The predicted octanol–water partition coefficient (Wildman–Crippen LogP) is 3.61. The van der Waals surface area contributed by atoms with Gasteiger partial charge in [-0.05, 0) is 18.6 Å². The lowest BCUT2D eigenvalue weighted by Gasteiger charge is -1.97. The fraction of sp³-hybridized carbons (Fsp3) is 0.267. The highest BCUT2D eigenvalue weighted by molar-refractivity contribution is 5.88. The van der Waals surface area contributed by atoms with Gasteiger partial charge in [0.15, 0.2) is 5.76 Å². The van der Waals surface area contributed by atoms with Crippen molar-refractivity contribution in [3.63, 3.8) is 0 Å². The smallest absolute Gasteiger partial charge is 0.322 e. The first-order valence-electron chi connectivity index (χ1n) is 6.88. The van der Waals surface area contributed by atoms with Crippen molar-refractivity contribution in [1.82, 2.24) is 10.2 Å². The maximum Gasteiger partial charge on any atom is 0.322 e. The fourth-order valence-electron chi connectivity index (χ4n) is 1.98. The number of hydrogen-bond acceptors (Lipinski definition) is 5. The summed E-state index contributed by atoms with van der Waals surface area (Å²) in [5.41, 5.74) is 0.749. The minimum absolute atomic E-state index is 0.0894. The summed E-state index contributed by atoms with van der Waals surface area (Å²) >= 11 is 0. The van der Waals surface area contributed by atoms with Crippen molar-refractivity contribution in [2.75, 3.05) is 5.32 Å². The van der Waals surface area contributed by atoms with Gasteiger partial charge in [0, 0.05) is 11.8 Å². The Bertz CT molecular complexity index is 727. The molecule has 0 saturated heterocycles. The molecule has 2 aromatic heterocycles. The lowest BCUT2D eigenvalue weighted by atomic mass is 10.2. The van der Waals surface area contributed by atoms with Gasteiger partial charge in [0.2, 0.25) is 5.91 Å². The van der Waals surface area contributed by atoms with Crippen LogP contribution in [-0.2, 0) is 4.79 Å². The number of hydrogen-bond donors (Lipinski definition) is 1. The van der Waals surface area contributed by atoms with Crippen LogP contribution in [-0.4, -0.2) is 16.1 Å². The molecule has 0 saturated carbocycles. The largest absolute Gasteiger partial charge is 0.451 e. The average Bonchev–Trinajstić information content (AvgIpc) is 3.10. The van der Waals surface area contributed by atoms with Gasteiger partial charge in [0.25, 0.3) is 5.89 Å². The van der Waals surface area contributed by atoms with Crippen molar-refractivity contribution in [3.05, 3.63) is 30.3 Å². The fourth-order valence-corrected chi connectivity index (χ4v) is 1.98. The Morgan fingerprint density at radius 2 is 2.10 bits per heavy atom. The highest BCUT2D eigenvalue weighted by Crippen LogP contribution is 2.27. The normalized spacial score (nSPS) is 10.9. The van der Waals surface area contributed by atoms with Gasteiger partial charge in [-0.3, -0.25) is 10.1 Å². The molecule has 0 aliphatic carbocycles. The van der Waals surface area contributed by atoms with Gasteiger partial charge in [-0.25, -0.2) is 0 Å². The third-order valence-corrected chi connectivity index (χ3v) is 3.07. The third-order valence-electron chi connectivity index (χ3n) is 3.07. The van der Waals surface area contributed by atoms with Gasteiger partial charge in [0.05, 0.1) is 0 Å². The summed E-state index contributed by atoms with van der Waals surface area (Å²) in [5, 5.41) is 11.2. The number of carbonyl (C=O) groups excluding carboxylic acids is 1. The number of rotatable bonds is 5. The van der Waals surface area contributed by atoms with E-state index in [4.69, 9.17) is 8.83 Å². The van der Waals surface area contributed by atoms with Crippen LogP contribution in [0.25, 0.3) is 22.6 Å². The molecule has 6 nitrogen and oxygen atoms in total. The molecular formula is C15H15N3O3. The zero-order valence-corrected chi connectivity index (χ0v) is 11.6. The third kappa shape index (κ3) is 2.94. The maximum atomic E-state index is 11.6. The number of carbonyl (C=O) groups is 1. The standard InChI is InChI=1S/C15H15N3O3/c1-2-3-8-13(19)16-15-18-17-14(21-15)12-9-10-6-4-5-7-11(10)20-12/h4-7,9H,2-3,8H2,1H3,(H,16,18,19). The summed E-state index contributed by atoms with van der Waals surface area (Å²) < 4.78 is 11.0. The first kappa shape index (κ1) is 13.4. The summed E-state index contributed by atoms with van der Waals surface area (Å²) in [6.07, 6.45) is 2.23. The van der Waals surface area contributed by atoms with E-state index in [9.17, 15) is 4.79 Å². The van der Waals surface area contributed by atoms with E-state index in [0.717, 1.165) is 23.8 Å². The number of aromatic nitrogens is 2. The Hall–Kier alpha value is -2.63. The van der Waals surface area contributed by atoms with Gasteiger partial charge in [-0.15, -0.1) is 5.10 Å². The van der Waals surface area contributed by atoms with Gasteiger partial charge >= 0.3 is 6.01 Å². The summed E-state index contributed by atoms with van der Waals surface area (Å²) in [6, 6.07) is 9.53. The number of benzene rings is 1. The van der Waals surface area contributed by atoms with E-state index < -0.39 is 0 Å². The molecule has 0 radical (unpaired) electrons. The van der Waals surface area contributed by atoms with Crippen LogP contribution in [0.4, 0.5) is 6.01 Å². The quantitative estimate of drug-likeness (QED) is 0.774. The molecule has 2 heterocycles. The van der Waals surface area contributed by atoms with E-state index in [2.05, 4.69) is 15.5 Å². The van der Waals surface area contributed by atoms with E-state index >= 15 is 0 Å². The van der Waals surface area contributed by atoms with Crippen LogP contribution in [0, 0.1) is 0 Å². The molecule has 0 fully saturated rings. The molecule has 1 amide bonds. The molecule has 3 aromatic rings. The Kier molecular flexibility index (Phi) is 3.68. The number of nitrogens with one attached hydrogen (secondary N) is 1.